The normalized spacial score (nSPS) is 12.2. The third-order valence-corrected chi connectivity index (χ3v) is 2.46. The molecule has 0 heterocycles. The Morgan fingerprint density at radius 3 is 2.32 bits per heavy atom. The van der Waals surface area contributed by atoms with E-state index in [4.69, 9.17) is 15.3 Å². The molecule has 0 aliphatic rings. The van der Waals surface area contributed by atoms with Gasteiger partial charge in [-0.05, 0) is 38.5 Å². The van der Waals surface area contributed by atoms with E-state index in [9.17, 15) is 0 Å². The number of amidine groups is 1. The molecule has 0 amide bonds. The first-order valence-corrected chi connectivity index (χ1v) is 6.16. The maximum atomic E-state index is 5.52. The zero-order valence-corrected chi connectivity index (χ0v) is 12.3. The lowest BCUT2D eigenvalue weighted by molar-refractivity contribution is 0.354. The summed E-state index contributed by atoms with van der Waals surface area (Å²) in [7, 11) is 3.23. The van der Waals surface area contributed by atoms with Crippen molar-refractivity contribution in [2.24, 2.45) is 10.8 Å². The Bertz CT molecular complexity index is 450. The molecule has 0 atom stereocenters. The van der Waals surface area contributed by atoms with Crippen LogP contribution in [0.2, 0.25) is 0 Å². The topological polar surface area (TPSA) is 68.9 Å². The summed E-state index contributed by atoms with van der Waals surface area (Å²) in [5.41, 5.74) is 3.54. The summed E-state index contributed by atoms with van der Waals surface area (Å²) in [6, 6.07) is 5.77. The SMILES string of the molecule is COc1ccc(CC(=NC(C)(C)C)NN)cc1OC. The molecule has 0 aliphatic heterocycles. The van der Waals surface area contributed by atoms with Gasteiger partial charge in [-0.2, -0.15) is 0 Å². The van der Waals surface area contributed by atoms with Gasteiger partial charge in [0.25, 0.3) is 0 Å². The van der Waals surface area contributed by atoms with Crippen molar-refractivity contribution < 1.29 is 9.47 Å². The van der Waals surface area contributed by atoms with Crippen LogP contribution in [0.4, 0.5) is 0 Å². The maximum Gasteiger partial charge on any atom is 0.161 e. The Kier molecular flexibility index (Phi) is 5.18. The summed E-state index contributed by atoms with van der Waals surface area (Å²) in [4.78, 5) is 4.53. The summed E-state index contributed by atoms with van der Waals surface area (Å²) >= 11 is 0. The molecule has 5 nitrogen and oxygen atoms in total. The molecule has 106 valence electrons. The second-order valence-electron chi connectivity index (χ2n) is 5.24. The Hall–Kier alpha value is -1.75. The summed E-state index contributed by atoms with van der Waals surface area (Å²) in [6.45, 7) is 6.08. The Morgan fingerprint density at radius 1 is 1.21 bits per heavy atom. The molecular weight excluding hydrogens is 242 g/mol. The van der Waals surface area contributed by atoms with Crippen molar-refractivity contribution in [1.82, 2.24) is 5.43 Å². The lowest BCUT2D eigenvalue weighted by Gasteiger charge is -2.16. The number of nitrogens with one attached hydrogen (secondary N) is 1. The van der Waals surface area contributed by atoms with Gasteiger partial charge in [-0.15, -0.1) is 0 Å². The number of hydrogen-bond acceptors (Lipinski definition) is 4. The van der Waals surface area contributed by atoms with Gasteiger partial charge in [0.2, 0.25) is 0 Å². The quantitative estimate of drug-likeness (QED) is 0.377. The average molecular weight is 265 g/mol. The van der Waals surface area contributed by atoms with E-state index in [0.29, 0.717) is 17.9 Å². The summed E-state index contributed by atoms with van der Waals surface area (Å²) in [5, 5.41) is 0. The van der Waals surface area contributed by atoms with Crippen LogP contribution in [-0.4, -0.2) is 25.6 Å². The molecule has 1 aromatic carbocycles. The average Bonchev–Trinajstić information content (AvgIpc) is 2.36. The highest BCUT2D eigenvalue weighted by atomic mass is 16.5. The largest absolute Gasteiger partial charge is 0.493 e. The van der Waals surface area contributed by atoms with E-state index < -0.39 is 0 Å². The number of ether oxygens (including phenoxy) is 2. The van der Waals surface area contributed by atoms with Crippen molar-refractivity contribution in [1.29, 1.82) is 0 Å². The number of benzene rings is 1. The van der Waals surface area contributed by atoms with Gasteiger partial charge >= 0.3 is 0 Å². The minimum atomic E-state index is -0.168. The minimum absolute atomic E-state index is 0.168. The molecule has 3 N–H and O–H groups in total. The molecule has 1 rings (SSSR count). The van der Waals surface area contributed by atoms with Gasteiger partial charge in [0.15, 0.2) is 11.5 Å². The number of methoxy groups -OCH3 is 2. The third kappa shape index (κ3) is 4.79. The highest BCUT2D eigenvalue weighted by Gasteiger charge is 2.11. The zero-order valence-electron chi connectivity index (χ0n) is 12.3. The van der Waals surface area contributed by atoms with Gasteiger partial charge in [-0.25, -0.2) is 5.84 Å². The molecule has 19 heavy (non-hydrogen) atoms. The first-order chi connectivity index (χ1) is 8.89. The lowest BCUT2D eigenvalue weighted by atomic mass is 10.1. The highest BCUT2D eigenvalue weighted by Crippen LogP contribution is 2.27. The second-order valence-corrected chi connectivity index (χ2v) is 5.24. The monoisotopic (exact) mass is 265 g/mol. The zero-order chi connectivity index (χ0) is 14.5. The van der Waals surface area contributed by atoms with Crippen LogP contribution in [0.25, 0.3) is 0 Å². The van der Waals surface area contributed by atoms with Crippen molar-refractivity contribution in [3.63, 3.8) is 0 Å². The molecule has 0 saturated heterocycles. The fourth-order valence-corrected chi connectivity index (χ4v) is 1.71. The van der Waals surface area contributed by atoms with Crippen molar-refractivity contribution in [2.45, 2.75) is 32.7 Å². The standard InChI is InChI=1S/C14H23N3O2/c1-14(2,3)16-13(17-15)9-10-6-7-11(18-4)12(8-10)19-5/h6-8H,9,15H2,1-5H3,(H,16,17). The van der Waals surface area contributed by atoms with E-state index in [2.05, 4.69) is 10.4 Å². The molecule has 0 bridgehead atoms. The number of nitrogens with zero attached hydrogens (tertiary/aromatic N) is 1. The van der Waals surface area contributed by atoms with Crippen molar-refractivity contribution in [2.75, 3.05) is 14.2 Å². The van der Waals surface area contributed by atoms with Crippen molar-refractivity contribution in [3.05, 3.63) is 23.8 Å². The van der Waals surface area contributed by atoms with Crippen LogP contribution in [0, 0.1) is 0 Å². The van der Waals surface area contributed by atoms with Crippen LogP contribution in [-0.2, 0) is 6.42 Å². The van der Waals surface area contributed by atoms with Gasteiger partial charge in [0, 0.05) is 6.42 Å². The molecule has 5 heteroatoms. The molecule has 0 aromatic heterocycles. The molecule has 0 radical (unpaired) electrons. The third-order valence-electron chi connectivity index (χ3n) is 2.46. The number of hydrogen-bond donors (Lipinski definition) is 2. The van der Waals surface area contributed by atoms with Crippen LogP contribution in [0.15, 0.2) is 23.2 Å². The van der Waals surface area contributed by atoms with Gasteiger partial charge in [0.05, 0.1) is 19.8 Å². The molecule has 0 fully saturated rings. The fraction of sp³-hybridized carbons (Fsp3) is 0.500. The number of nitrogens with two attached hydrogens (primary N) is 1. The van der Waals surface area contributed by atoms with E-state index in [0.717, 1.165) is 11.4 Å². The highest BCUT2D eigenvalue weighted by molar-refractivity contribution is 5.84. The van der Waals surface area contributed by atoms with Gasteiger partial charge < -0.3 is 14.9 Å². The van der Waals surface area contributed by atoms with E-state index in [-0.39, 0.29) is 5.54 Å². The number of aliphatic imine (C=N–C) groups is 1. The van der Waals surface area contributed by atoms with Crippen molar-refractivity contribution >= 4 is 5.84 Å². The van der Waals surface area contributed by atoms with Crippen LogP contribution in [0.3, 0.4) is 0 Å². The molecule has 0 aliphatic carbocycles. The minimum Gasteiger partial charge on any atom is -0.493 e. The lowest BCUT2D eigenvalue weighted by Crippen LogP contribution is -2.34. The predicted molar refractivity (Wildman–Crippen MR) is 77.8 cm³/mol. The first-order valence-electron chi connectivity index (χ1n) is 6.16. The molecule has 0 spiro atoms. The Labute approximate surface area is 114 Å². The van der Waals surface area contributed by atoms with Crippen LogP contribution in [0.5, 0.6) is 11.5 Å². The van der Waals surface area contributed by atoms with Gasteiger partial charge in [-0.3, -0.25) is 4.99 Å². The molecule has 0 saturated carbocycles. The van der Waals surface area contributed by atoms with Gasteiger partial charge in [-0.1, -0.05) is 6.07 Å². The van der Waals surface area contributed by atoms with Crippen molar-refractivity contribution in [3.8, 4) is 11.5 Å². The van der Waals surface area contributed by atoms with Crippen LogP contribution >= 0.6 is 0 Å². The van der Waals surface area contributed by atoms with Gasteiger partial charge in [0.1, 0.15) is 5.84 Å². The van der Waals surface area contributed by atoms with Crippen LogP contribution in [0.1, 0.15) is 26.3 Å². The van der Waals surface area contributed by atoms with Crippen LogP contribution < -0.4 is 20.7 Å². The molecule has 1 aromatic rings. The molecular formula is C14H23N3O2. The predicted octanol–water partition coefficient (Wildman–Crippen LogP) is 1.91. The fourth-order valence-electron chi connectivity index (χ4n) is 1.71. The van der Waals surface area contributed by atoms with E-state index in [1.165, 1.54) is 0 Å². The Balaban J connectivity index is 2.95. The summed E-state index contributed by atoms with van der Waals surface area (Å²) in [5.74, 6) is 7.66. The van der Waals surface area contributed by atoms with E-state index in [1.807, 2.05) is 39.0 Å². The first kappa shape index (κ1) is 15.3. The summed E-state index contributed by atoms with van der Waals surface area (Å²) < 4.78 is 10.5. The number of rotatable bonds is 4. The summed E-state index contributed by atoms with van der Waals surface area (Å²) in [6.07, 6.45) is 0.619. The Morgan fingerprint density at radius 2 is 1.84 bits per heavy atom. The molecule has 0 unspecified atom stereocenters. The maximum absolute atomic E-state index is 5.52. The van der Waals surface area contributed by atoms with E-state index >= 15 is 0 Å². The van der Waals surface area contributed by atoms with E-state index in [1.54, 1.807) is 14.2 Å². The number of hydrazine groups is 1. The smallest absolute Gasteiger partial charge is 0.161 e. The second kappa shape index (κ2) is 6.43.